The molecule has 1 heterocycles. The molecule has 0 atom stereocenters. The van der Waals surface area contributed by atoms with E-state index in [9.17, 15) is 4.79 Å². The first-order chi connectivity index (χ1) is 12.1. The van der Waals surface area contributed by atoms with Gasteiger partial charge in [0.25, 0.3) is 0 Å². The van der Waals surface area contributed by atoms with Gasteiger partial charge in [0.15, 0.2) is 0 Å². The summed E-state index contributed by atoms with van der Waals surface area (Å²) in [7, 11) is 1.92. The van der Waals surface area contributed by atoms with Crippen LogP contribution < -0.4 is 5.32 Å². The van der Waals surface area contributed by atoms with Crippen LogP contribution >= 0.6 is 11.6 Å². The van der Waals surface area contributed by atoms with E-state index in [0.717, 1.165) is 23.2 Å². The molecule has 128 valence electrons. The second-order valence-corrected chi connectivity index (χ2v) is 6.08. The summed E-state index contributed by atoms with van der Waals surface area (Å²) in [5.41, 5.74) is 3.84. The van der Waals surface area contributed by atoms with Crippen molar-refractivity contribution in [2.24, 2.45) is 7.05 Å². The molecule has 0 spiro atoms. The Morgan fingerprint density at radius 1 is 1.08 bits per heavy atom. The van der Waals surface area contributed by atoms with E-state index in [1.165, 1.54) is 0 Å². The van der Waals surface area contributed by atoms with E-state index in [2.05, 4.69) is 10.4 Å². The highest BCUT2D eigenvalue weighted by molar-refractivity contribution is 6.30. The molecule has 3 rings (SSSR count). The average molecular weight is 356 g/mol. The van der Waals surface area contributed by atoms with Crippen molar-refractivity contribution in [1.82, 2.24) is 9.78 Å². The quantitative estimate of drug-likeness (QED) is 0.737. The number of benzene rings is 2. The molecule has 2 aromatic carbocycles. The van der Waals surface area contributed by atoms with Gasteiger partial charge in [-0.05, 0) is 41.5 Å². The summed E-state index contributed by atoms with van der Waals surface area (Å²) in [5.74, 6) is 0. The van der Waals surface area contributed by atoms with Crippen molar-refractivity contribution in [3.63, 3.8) is 0 Å². The number of hydrogen-bond acceptors (Lipinski definition) is 3. The predicted octanol–water partition coefficient (Wildman–Crippen LogP) is 4.41. The number of carbonyl (C=O) groups is 1. The summed E-state index contributed by atoms with van der Waals surface area (Å²) in [6.07, 6.45) is 2.08. The molecule has 0 saturated heterocycles. The Bertz CT molecular complexity index is 842. The van der Waals surface area contributed by atoms with Crippen molar-refractivity contribution in [2.45, 2.75) is 13.0 Å². The Morgan fingerprint density at radius 3 is 2.40 bits per heavy atom. The lowest BCUT2D eigenvalue weighted by Crippen LogP contribution is -2.13. The number of halogens is 1. The molecule has 3 aromatic rings. The normalized spacial score (nSPS) is 10.5. The SMILES string of the molecule is Cn1nccc1Cc1ccc(NC(=O)OCc2ccc(Cl)cc2)cc1. The predicted molar refractivity (Wildman–Crippen MR) is 97.7 cm³/mol. The summed E-state index contributed by atoms with van der Waals surface area (Å²) in [4.78, 5) is 11.9. The maximum atomic E-state index is 11.9. The summed E-state index contributed by atoms with van der Waals surface area (Å²) in [6.45, 7) is 0.196. The minimum Gasteiger partial charge on any atom is -0.444 e. The largest absolute Gasteiger partial charge is 0.444 e. The maximum absolute atomic E-state index is 11.9. The van der Waals surface area contributed by atoms with Crippen molar-refractivity contribution in [3.8, 4) is 0 Å². The fourth-order valence-electron chi connectivity index (χ4n) is 2.37. The third kappa shape index (κ3) is 4.84. The smallest absolute Gasteiger partial charge is 0.411 e. The minimum atomic E-state index is -0.491. The number of nitrogens with zero attached hydrogens (tertiary/aromatic N) is 2. The monoisotopic (exact) mass is 355 g/mol. The van der Waals surface area contributed by atoms with Crippen LogP contribution in [0.3, 0.4) is 0 Å². The number of rotatable bonds is 5. The lowest BCUT2D eigenvalue weighted by Gasteiger charge is -2.08. The van der Waals surface area contributed by atoms with E-state index in [0.29, 0.717) is 10.7 Å². The van der Waals surface area contributed by atoms with Gasteiger partial charge in [-0.25, -0.2) is 4.79 Å². The Morgan fingerprint density at radius 2 is 1.76 bits per heavy atom. The van der Waals surface area contributed by atoms with Gasteiger partial charge in [0.2, 0.25) is 0 Å². The molecule has 0 aliphatic carbocycles. The molecule has 1 aromatic heterocycles. The summed E-state index contributed by atoms with van der Waals surface area (Å²) in [5, 5.41) is 7.52. The van der Waals surface area contributed by atoms with Crippen LogP contribution in [-0.2, 0) is 24.8 Å². The Hall–Kier alpha value is -2.79. The first-order valence-corrected chi connectivity index (χ1v) is 8.22. The highest BCUT2D eigenvalue weighted by Crippen LogP contribution is 2.14. The van der Waals surface area contributed by atoms with E-state index in [4.69, 9.17) is 16.3 Å². The number of hydrogen-bond donors (Lipinski definition) is 1. The molecule has 1 amide bonds. The molecule has 0 aliphatic heterocycles. The summed E-state index contributed by atoms with van der Waals surface area (Å²) in [6, 6.07) is 16.8. The second kappa shape index (κ2) is 7.85. The van der Waals surface area contributed by atoms with Crippen molar-refractivity contribution in [1.29, 1.82) is 0 Å². The minimum absolute atomic E-state index is 0.196. The van der Waals surface area contributed by atoms with Crippen molar-refractivity contribution in [3.05, 3.63) is 82.6 Å². The second-order valence-electron chi connectivity index (χ2n) is 5.65. The van der Waals surface area contributed by atoms with Gasteiger partial charge in [-0.1, -0.05) is 35.9 Å². The fourth-order valence-corrected chi connectivity index (χ4v) is 2.50. The van der Waals surface area contributed by atoms with Gasteiger partial charge in [0.05, 0.1) is 0 Å². The highest BCUT2D eigenvalue weighted by atomic mass is 35.5. The lowest BCUT2D eigenvalue weighted by molar-refractivity contribution is 0.155. The highest BCUT2D eigenvalue weighted by Gasteiger charge is 2.05. The van der Waals surface area contributed by atoms with Crippen molar-refractivity contribution in [2.75, 3.05) is 5.32 Å². The van der Waals surface area contributed by atoms with Crippen LogP contribution in [0, 0.1) is 0 Å². The van der Waals surface area contributed by atoms with Gasteiger partial charge in [-0.15, -0.1) is 0 Å². The van der Waals surface area contributed by atoms with Crippen LogP contribution in [0.5, 0.6) is 0 Å². The summed E-state index contributed by atoms with van der Waals surface area (Å²) < 4.78 is 7.05. The van der Waals surface area contributed by atoms with Gasteiger partial charge < -0.3 is 4.74 Å². The average Bonchev–Trinajstić information content (AvgIpc) is 3.01. The van der Waals surface area contributed by atoms with Gasteiger partial charge >= 0.3 is 6.09 Å². The number of aromatic nitrogens is 2. The van der Waals surface area contributed by atoms with E-state index in [1.807, 2.05) is 54.2 Å². The third-order valence-electron chi connectivity index (χ3n) is 3.79. The zero-order chi connectivity index (χ0) is 17.6. The zero-order valence-corrected chi connectivity index (χ0v) is 14.5. The van der Waals surface area contributed by atoms with Crippen LogP contribution in [-0.4, -0.2) is 15.9 Å². The molecule has 0 bridgehead atoms. The molecule has 0 aliphatic rings. The van der Waals surface area contributed by atoms with Gasteiger partial charge in [0.1, 0.15) is 6.61 Å². The van der Waals surface area contributed by atoms with Crippen molar-refractivity contribution < 1.29 is 9.53 Å². The molecule has 0 radical (unpaired) electrons. The molecule has 0 unspecified atom stereocenters. The molecule has 0 fully saturated rings. The Kier molecular flexibility index (Phi) is 5.36. The third-order valence-corrected chi connectivity index (χ3v) is 4.04. The van der Waals surface area contributed by atoms with Crippen LogP contribution in [0.4, 0.5) is 10.5 Å². The van der Waals surface area contributed by atoms with Crippen LogP contribution in [0.1, 0.15) is 16.8 Å². The zero-order valence-electron chi connectivity index (χ0n) is 13.8. The van der Waals surface area contributed by atoms with Crippen LogP contribution in [0.2, 0.25) is 5.02 Å². The maximum Gasteiger partial charge on any atom is 0.411 e. The van der Waals surface area contributed by atoms with Gasteiger partial charge in [-0.3, -0.25) is 10.00 Å². The first-order valence-electron chi connectivity index (χ1n) is 7.84. The van der Waals surface area contributed by atoms with Crippen LogP contribution in [0.25, 0.3) is 0 Å². The Balaban J connectivity index is 1.51. The number of amides is 1. The van der Waals surface area contributed by atoms with E-state index in [1.54, 1.807) is 18.3 Å². The number of nitrogens with one attached hydrogen (secondary N) is 1. The summed E-state index contributed by atoms with van der Waals surface area (Å²) >= 11 is 5.82. The van der Waals surface area contributed by atoms with E-state index < -0.39 is 6.09 Å². The number of ether oxygens (including phenoxy) is 1. The van der Waals surface area contributed by atoms with E-state index in [-0.39, 0.29) is 6.61 Å². The molecular weight excluding hydrogens is 338 g/mol. The molecule has 0 saturated carbocycles. The molecule has 5 nitrogen and oxygen atoms in total. The van der Waals surface area contributed by atoms with Crippen LogP contribution in [0.15, 0.2) is 60.8 Å². The lowest BCUT2D eigenvalue weighted by atomic mass is 10.1. The topological polar surface area (TPSA) is 56.2 Å². The molecule has 1 N–H and O–H groups in total. The number of anilines is 1. The number of aryl methyl sites for hydroxylation is 1. The fraction of sp³-hybridized carbons (Fsp3) is 0.158. The first kappa shape index (κ1) is 17.0. The molecular formula is C19H18ClN3O2. The molecule has 25 heavy (non-hydrogen) atoms. The van der Waals surface area contributed by atoms with E-state index >= 15 is 0 Å². The van der Waals surface area contributed by atoms with Gasteiger partial charge in [0, 0.05) is 36.1 Å². The Labute approximate surface area is 151 Å². The standard InChI is InChI=1S/C19H18ClN3O2/c1-23-18(10-11-21-23)12-14-4-8-17(9-5-14)22-19(24)25-13-15-2-6-16(20)7-3-15/h2-11H,12-13H2,1H3,(H,22,24). The van der Waals surface area contributed by atoms with Crippen molar-refractivity contribution >= 4 is 23.4 Å². The van der Waals surface area contributed by atoms with Gasteiger partial charge in [-0.2, -0.15) is 5.10 Å². The number of carbonyl (C=O) groups excluding carboxylic acids is 1. The molecule has 6 heteroatoms.